The van der Waals surface area contributed by atoms with Gasteiger partial charge in [0.1, 0.15) is 0 Å². The highest BCUT2D eigenvalue weighted by Crippen LogP contribution is 2.65. The van der Waals surface area contributed by atoms with Crippen LogP contribution in [0.2, 0.25) is 0 Å². The van der Waals surface area contributed by atoms with E-state index < -0.39 is 0 Å². The lowest BCUT2D eigenvalue weighted by molar-refractivity contribution is -0.199. The van der Waals surface area contributed by atoms with Crippen LogP contribution >= 0.6 is 12.4 Å². The van der Waals surface area contributed by atoms with Crippen LogP contribution in [0.5, 0.6) is 0 Å². The lowest BCUT2D eigenvalue weighted by Crippen LogP contribution is -2.65. The molecule has 5 atom stereocenters. The fourth-order valence-corrected chi connectivity index (χ4v) is 4.92. The van der Waals surface area contributed by atoms with Crippen LogP contribution in [0.1, 0.15) is 53.9 Å². The summed E-state index contributed by atoms with van der Waals surface area (Å²) in [6, 6.07) is 0. The molecule has 4 aliphatic rings. The molecule has 0 radical (unpaired) electrons. The van der Waals surface area contributed by atoms with Gasteiger partial charge in [-0.05, 0) is 49.4 Å². The first-order valence-corrected chi connectivity index (χ1v) is 8.32. The molecule has 1 amide bonds. The molecule has 4 nitrogen and oxygen atoms in total. The Morgan fingerprint density at radius 1 is 1.32 bits per heavy atom. The van der Waals surface area contributed by atoms with Crippen LogP contribution in [-0.2, 0) is 14.1 Å². The van der Waals surface area contributed by atoms with Crippen molar-refractivity contribution in [3.63, 3.8) is 0 Å². The largest absolute Gasteiger partial charge is 0.481 e. The van der Waals surface area contributed by atoms with Gasteiger partial charge in [-0.15, -0.1) is 12.4 Å². The molecule has 1 N–H and O–H groups in total. The van der Waals surface area contributed by atoms with Gasteiger partial charge >= 0.3 is 7.12 Å². The quantitative estimate of drug-likeness (QED) is 0.623. The second-order valence-corrected chi connectivity index (χ2v) is 8.36. The van der Waals surface area contributed by atoms with E-state index in [2.05, 4.69) is 39.9 Å². The maximum absolute atomic E-state index is 10.9. The van der Waals surface area contributed by atoms with E-state index in [4.69, 9.17) is 9.31 Å². The first kappa shape index (κ1) is 18.1. The Hall–Kier alpha value is -0.255. The molecular weight excluding hydrogens is 300 g/mol. The van der Waals surface area contributed by atoms with Gasteiger partial charge in [-0.25, -0.2) is 0 Å². The smallest absolute Gasteiger partial charge is 0.404 e. The highest BCUT2D eigenvalue weighted by Gasteiger charge is 2.68. The zero-order valence-corrected chi connectivity index (χ0v) is 15.1. The van der Waals surface area contributed by atoms with E-state index >= 15 is 0 Å². The molecule has 22 heavy (non-hydrogen) atoms. The van der Waals surface area contributed by atoms with E-state index in [0.29, 0.717) is 17.3 Å². The fourth-order valence-electron chi connectivity index (χ4n) is 4.92. The minimum atomic E-state index is -0.303. The molecule has 0 aromatic carbocycles. The average Bonchev–Trinajstić information content (AvgIpc) is 2.74. The van der Waals surface area contributed by atoms with Crippen LogP contribution in [0, 0.1) is 23.2 Å². The van der Waals surface area contributed by atoms with Gasteiger partial charge in [0.15, 0.2) is 0 Å². The van der Waals surface area contributed by atoms with Gasteiger partial charge < -0.3 is 14.6 Å². The minimum absolute atomic E-state index is 0. The summed E-state index contributed by atoms with van der Waals surface area (Å²) in [6.45, 7) is 11.2. The van der Waals surface area contributed by atoms with Crippen molar-refractivity contribution < 1.29 is 14.1 Å². The average molecular weight is 330 g/mol. The van der Waals surface area contributed by atoms with Crippen LogP contribution in [0.15, 0.2) is 0 Å². The van der Waals surface area contributed by atoms with Gasteiger partial charge in [-0.3, -0.25) is 4.79 Å². The van der Waals surface area contributed by atoms with Crippen molar-refractivity contribution in [2.75, 3.05) is 0 Å². The van der Waals surface area contributed by atoms with E-state index in [1.165, 1.54) is 6.42 Å². The van der Waals surface area contributed by atoms with Crippen molar-refractivity contribution >= 4 is 25.9 Å². The number of rotatable bonds is 5. The van der Waals surface area contributed by atoms with E-state index in [9.17, 15) is 4.79 Å². The minimum Gasteiger partial charge on any atom is -0.404 e. The van der Waals surface area contributed by atoms with Gasteiger partial charge in [0.05, 0.1) is 17.6 Å². The molecule has 0 aromatic heterocycles. The number of hydrogen-bond donors (Lipinski definition) is 1. The van der Waals surface area contributed by atoms with Crippen LogP contribution in [0.3, 0.4) is 0 Å². The SMILES string of the molecule is CC(C)C[C@H](NC=O)B1O[C@@H]2C[C@@H]3C[C@@H](C3(C)C)[C@]2(C)O1.Cl. The second kappa shape index (κ2) is 5.99. The number of amides is 1. The Bertz CT molecular complexity index is 434. The van der Waals surface area contributed by atoms with Crippen molar-refractivity contribution in [1.82, 2.24) is 5.32 Å². The van der Waals surface area contributed by atoms with Gasteiger partial charge in [-0.2, -0.15) is 0 Å². The Morgan fingerprint density at radius 3 is 2.55 bits per heavy atom. The Labute approximate surface area is 140 Å². The van der Waals surface area contributed by atoms with Crippen LogP contribution in [0.4, 0.5) is 0 Å². The summed E-state index contributed by atoms with van der Waals surface area (Å²) in [6.07, 6.45) is 4.18. The molecule has 4 rings (SSSR count). The molecule has 4 fully saturated rings. The van der Waals surface area contributed by atoms with E-state index in [1.807, 2.05) is 0 Å². The summed E-state index contributed by atoms with van der Waals surface area (Å²) < 4.78 is 12.6. The Morgan fingerprint density at radius 2 is 2.00 bits per heavy atom. The van der Waals surface area contributed by atoms with Crippen molar-refractivity contribution in [1.29, 1.82) is 0 Å². The van der Waals surface area contributed by atoms with Crippen molar-refractivity contribution in [3.8, 4) is 0 Å². The van der Waals surface area contributed by atoms with Gasteiger partial charge in [0, 0.05) is 0 Å². The third kappa shape index (κ3) is 2.59. The predicted octanol–water partition coefficient (Wildman–Crippen LogP) is 2.84. The topological polar surface area (TPSA) is 47.6 Å². The third-order valence-corrected chi connectivity index (χ3v) is 6.30. The summed E-state index contributed by atoms with van der Waals surface area (Å²) in [4.78, 5) is 10.9. The molecule has 1 heterocycles. The molecule has 3 saturated carbocycles. The summed E-state index contributed by atoms with van der Waals surface area (Å²) in [7, 11) is -0.303. The molecule has 0 aromatic rings. The predicted molar refractivity (Wildman–Crippen MR) is 89.8 cm³/mol. The molecule has 1 saturated heterocycles. The number of carbonyl (C=O) groups is 1. The van der Waals surface area contributed by atoms with Gasteiger partial charge in [0.25, 0.3) is 0 Å². The fraction of sp³-hybridized carbons (Fsp3) is 0.938. The Kier molecular flexibility index (Phi) is 4.93. The van der Waals surface area contributed by atoms with Gasteiger partial charge in [0.2, 0.25) is 6.41 Å². The molecular formula is C16H29BClNO3. The van der Waals surface area contributed by atoms with E-state index in [1.54, 1.807) is 0 Å². The van der Waals surface area contributed by atoms with Crippen molar-refractivity contribution in [2.24, 2.45) is 23.2 Å². The number of halogens is 1. The zero-order chi connectivity index (χ0) is 15.4. The molecule has 2 bridgehead atoms. The molecule has 3 aliphatic carbocycles. The van der Waals surface area contributed by atoms with E-state index in [-0.39, 0.29) is 37.2 Å². The Balaban J connectivity index is 0.00000176. The summed E-state index contributed by atoms with van der Waals surface area (Å²) in [5.41, 5.74) is 0.165. The first-order chi connectivity index (χ1) is 9.79. The van der Waals surface area contributed by atoms with Crippen LogP contribution in [0.25, 0.3) is 0 Å². The number of carbonyl (C=O) groups excluding carboxylic acids is 1. The number of nitrogens with one attached hydrogen (secondary N) is 1. The molecule has 0 spiro atoms. The maximum atomic E-state index is 10.9. The van der Waals surface area contributed by atoms with Crippen LogP contribution in [-0.4, -0.2) is 31.2 Å². The van der Waals surface area contributed by atoms with Gasteiger partial charge in [-0.1, -0.05) is 27.7 Å². The highest BCUT2D eigenvalue weighted by molar-refractivity contribution is 6.47. The monoisotopic (exact) mass is 329 g/mol. The second-order valence-electron chi connectivity index (χ2n) is 8.36. The highest BCUT2D eigenvalue weighted by atomic mass is 35.5. The molecule has 1 aliphatic heterocycles. The molecule has 126 valence electrons. The summed E-state index contributed by atoms with van der Waals surface area (Å²) >= 11 is 0. The van der Waals surface area contributed by atoms with Crippen LogP contribution < -0.4 is 5.32 Å². The third-order valence-electron chi connectivity index (χ3n) is 6.30. The van der Waals surface area contributed by atoms with Crippen molar-refractivity contribution in [3.05, 3.63) is 0 Å². The zero-order valence-electron chi connectivity index (χ0n) is 14.3. The molecule has 6 heteroatoms. The normalized spacial score (nSPS) is 39.5. The summed E-state index contributed by atoms with van der Waals surface area (Å²) in [5, 5.41) is 2.90. The lowest BCUT2D eigenvalue weighted by atomic mass is 9.43. The van der Waals surface area contributed by atoms with Crippen molar-refractivity contribution in [2.45, 2.75) is 71.5 Å². The lowest BCUT2D eigenvalue weighted by Gasteiger charge is -2.64. The van der Waals surface area contributed by atoms with E-state index in [0.717, 1.165) is 25.2 Å². The molecule has 0 unspecified atom stereocenters. The number of hydrogen-bond acceptors (Lipinski definition) is 3. The summed E-state index contributed by atoms with van der Waals surface area (Å²) in [5.74, 6) is 1.76. The maximum Gasteiger partial charge on any atom is 0.481 e. The first-order valence-electron chi connectivity index (χ1n) is 8.32. The standard InChI is InChI=1S/C16H28BNO3.ClH/c1-10(2)6-14(18-9-19)17-20-13-8-11-7-12(15(11,3)4)16(13,5)21-17;/h9-14H,6-8H2,1-5H3,(H,18,19);1H/t11-,12-,13+,14-,16-;/m0./s1.